The third kappa shape index (κ3) is 6.85. The first-order chi connectivity index (χ1) is 16.2. The van der Waals surface area contributed by atoms with E-state index >= 15 is 0 Å². The molecule has 0 aromatic heterocycles. The molecule has 1 fully saturated rings. The zero-order valence-corrected chi connectivity index (χ0v) is 20.1. The predicted molar refractivity (Wildman–Crippen MR) is 132 cm³/mol. The van der Waals surface area contributed by atoms with Crippen LogP contribution in [-0.2, 0) is 4.79 Å². The average Bonchev–Trinajstić information content (AvgIpc) is 2.80. The van der Waals surface area contributed by atoms with E-state index in [-0.39, 0.29) is 0 Å². The molecule has 0 bridgehead atoms. The van der Waals surface area contributed by atoms with Gasteiger partial charge in [0.05, 0.1) is 11.4 Å². The molecule has 0 saturated heterocycles. The van der Waals surface area contributed by atoms with E-state index in [0.717, 1.165) is 25.1 Å². The second-order valence-electron chi connectivity index (χ2n) is 9.19. The van der Waals surface area contributed by atoms with E-state index in [1.165, 1.54) is 31.4 Å². The van der Waals surface area contributed by atoms with Gasteiger partial charge in [-0.15, -0.1) is 0 Å². The topological polar surface area (TPSA) is 90.9 Å². The molecule has 184 valence electrons. The van der Waals surface area contributed by atoms with Gasteiger partial charge in [-0.25, -0.2) is 14.0 Å². The highest BCUT2D eigenvalue weighted by Gasteiger charge is 2.25. The molecule has 2 amide bonds. The van der Waals surface area contributed by atoms with Gasteiger partial charge < -0.3 is 25.4 Å². The van der Waals surface area contributed by atoms with E-state index in [0.29, 0.717) is 34.6 Å². The minimum atomic E-state index is -1.08. The fourth-order valence-corrected chi connectivity index (χ4v) is 4.35. The Morgan fingerprint density at radius 1 is 1.12 bits per heavy atom. The Balaban J connectivity index is 1.91. The van der Waals surface area contributed by atoms with E-state index in [1.807, 2.05) is 6.07 Å². The van der Waals surface area contributed by atoms with Crippen molar-refractivity contribution in [3.63, 3.8) is 0 Å². The van der Waals surface area contributed by atoms with Crippen molar-refractivity contribution in [2.45, 2.75) is 58.9 Å². The Kier molecular flexibility index (Phi) is 8.73. The van der Waals surface area contributed by atoms with E-state index in [4.69, 9.17) is 9.84 Å². The standard InChI is InChI=1S/C26H34FN3O4/c1-17(2)15-30(19-8-5-4-6-9-19)24-13-12-20(34-16-25(31)32)14-23(24)29-26(33)28-22-11-7-10-21(27)18(22)3/h7,10-14,17,19H,4-6,8-9,15-16H2,1-3H3,(H,31,32)(H2,28,29,33). The van der Waals surface area contributed by atoms with Crippen molar-refractivity contribution < 1.29 is 23.8 Å². The maximum atomic E-state index is 13.9. The molecule has 0 aliphatic heterocycles. The summed E-state index contributed by atoms with van der Waals surface area (Å²) in [5.74, 6) is -0.734. The minimum Gasteiger partial charge on any atom is -0.482 e. The fraction of sp³-hybridized carbons (Fsp3) is 0.462. The van der Waals surface area contributed by atoms with Crippen molar-refractivity contribution in [2.75, 3.05) is 28.7 Å². The number of carbonyl (C=O) groups excluding carboxylic acids is 1. The third-order valence-corrected chi connectivity index (χ3v) is 5.98. The molecule has 0 spiro atoms. The third-order valence-electron chi connectivity index (χ3n) is 5.98. The summed E-state index contributed by atoms with van der Waals surface area (Å²) < 4.78 is 19.3. The van der Waals surface area contributed by atoms with Crippen molar-refractivity contribution in [1.29, 1.82) is 0 Å². The van der Waals surface area contributed by atoms with Crippen LogP contribution in [0.4, 0.5) is 26.2 Å². The highest BCUT2D eigenvalue weighted by atomic mass is 19.1. The minimum absolute atomic E-state index is 0.344. The molecular weight excluding hydrogens is 437 g/mol. The van der Waals surface area contributed by atoms with Crippen molar-refractivity contribution in [3.05, 3.63) is 47.8 Å². The summed E-state index contributed by atoms with van der Waals surface area (Å²) in [6, 6.07) is 9.61. The van der Waals surface area contributed by atoms with Crippen molar-refractivity contribution in [3.8, 4) is 5.75 Å². The lowest BCUT2D eigenvalue weighted by Gasteiger charge is -2.38. The number of amides is 2. The molecule has 1 saturated carbocycles. The van der Waals surface area contributed by atoms with Crippen LogP contribution in [0.5, 0.6) is 5.75 Å². The molecule has 3 N–H and O–H groups in total. The second-order valence-corrected chi connectivity index (χ2v) is 9.19. The van der Waals surface area contributed by atoms with E-state index < -0.39 is 24.4 Å². The van der Waals surface area contributed by atoms with Crippen LogP contribution in [0.3, 0.4) is 0 Å². The largest absolute Gasteiger partial charge is 0.482 e. The second kappa shape index (κ2) is 11.7. The SMILES string of the molecule is Cc1c(F)cccc1NC(=O)Nc1cc(OCC(=O)O)ccc1N(CC(C)C)C1CCCCC1. The van der Waals surface area contributed by atoms with Crippen molar-refractivity contribution in [1.82, 2.24) is 0 Å². The van der Waals surface area contributed by atoms with Gasteiger partial charge in [0.2, 0.25) is 0 Å². The maximum Gasteiger partial charge on any atom is 0.341 e. The number of carbonyl (C=O) groups is 2. The lowest BCUT2D eigenvalue weighted by atomic mass is 9.93. The average molecular weight is 472 g/mol. The molecule has 1 aliphatic carbocycles. The van der Waals surface area contributed by atoms with Gasteiger partial charge in [-0.1, -0.05) is 39.2 Å². The number of nitrogens with zero attached hydrogens (tertiary/aromatic N) is 1. The molecule has 7 nitrogen and oxygen atoms in total. The summed E-state index contributed by atoms with van der Waals surface area (Å²) in [5.41, 5.74) is 2.10. The van der Waals surface area contributed by atoms with Crippen molar-refractivity contribution in [2.24, 2.45) is 5.92 Å². The lowest BCUT2D eigenvalue weighted by molar-refractivity contribution is -0.139. The van der Waals surface area contributed by atoms with E-state index in [9.17, 15) is 14.0 Å². The first-order valence-electron chi connectivity index (χ1n) is 11.8. The van der Waals surface area contributed by atoms with E-state index in [1.54, 1.807) is 25.1 Å². The maximum absolute atomic E-state index is 13.9. The van der Waals surface area contributed by atoms with Gasteiger partial charge in [0.1, 0.15) is 11.6 Å². The van der Waals surface area contributed by atoms with Gasteiger partial charge in [-0.05, 0) is 49.9 Å². The Morgan fingerprint density at radius 3 is 2.50 bits per heavy atom. The molecule has 1 aliphatic rings. The number of hydrogen-bond acceptors (Lipinski definition) is 4. The zero-order valence-electron chi connectivity index (χ0n) is 20.1. The smallest absolute Gasteiger partial charge is 0.341 e. The molecular formula is C26H34FN3O4. The number of ether oxygens (including phenoxy) is 1. The number of carboxylic acids is 1. The quantitative estimate of drug-likeness (QED) is 0.415. The first-order valence-corrected chi connectivity index (χ1v) is 11.8. The van der Waals surface area contributed by atoms with Gasteiger partial charge in [-0.3, -0.25) is 0 Å². The van der Waals surface area contributed by atoms with Gasteiger partial charge in [0, 0.05) is 29.9 Å². The molecule has 0 atom stereocenters. The summed E-state index contributed by atoms with van der Waals surface area (Å²) in [5, 5.41) is 14.6. The van der Waals surface area contributed by atoms with Gasteiger partial charge in [0.15, 0.2) is 6.61 Å². The summed E-state index contributed by atoms with van der Waals surface area (Å²) in [6.07, 6.45) is 5.73. The molecule has 0 unspecified atom stereocenters. The summed E-state index contributed by atoms with van der Waals surface area (Å²) in [6.45, 7) is 6.26. The monoisotopic (exact) mass is 471 g/mol. The number of halogens is 1. The van der Waals surface area contributed by atoms with Crippen LogP contribution in [-0.4, -0.2) is 36.3 Å². The number of hydrogen-bond donors (Lipinski definition) is 3. The Hall–Kier alpha value is -3.29. The predicted octanol–water partition coefficient (Wildman–Crippen LogP) is 6.04. The molecule has 3 rings (SSSR count). The molecule has 8 heteroatoms. The molecule has 0 radical (unpaired) electrons. The zero-order chi connectivity index (χ0) is 24.7. The molecule has 2 aromatic rings. The van der Waals surface area contributed by atoms with Crippen molar-refractivity contribution >= 4 is 29.1 Å². The molecule has 2 aromatic carbocycles. The fourth-order valence-electron chi connectivity index (χ4n) is 4.35. The van der Waals surface area contributed by atoms with Crippen LogP contribution in [0.2, 0.25) is 0 Å². The highest BCUT2D eigenvalue weighted by molar-refractivity contribution is 6.02. The number of benzene rings is 2. The number of aliphatic carboxylic acids is 1. The molecule has 0 heterocycles. The van der Waals surface area contributed by atoms with Crippen LogP contribution in [0.15, 0.2) is 36.4 Å². The van der Waals surface area contributed by atoms with E-state index in [2.05, 4.69) is 29.4 Å². The summed E-state index contributed by atoms with van der Waals surface area (Å²) in [4.78, 5) is 26.2. The summed E-state index contributed by atoms with van der Waals surface area (Å²) in [7, 11) is 0. The highest BCUT2D eigenvalue weighted by Crippen LogP contribution is 2.36. The number of rotatable bonds is 9. The molecule has 34 heavy (non-hydrogen) atoms. The van der Waals surface area contributed by atoms with Gasteiger partial charge in [0.25, 0.3) is 0 Å². The van der Waals surface area contributed by atoms with Crippen LogP contribution >= 0.6 is 0 Å². The van der Waals surface area contributed by atoms with Crippen LogP contribution in [0.25, 0.3) is 0 Å². The first kappa shape index (κ1) is 25.3. The van der Waals surface area contributed by atoms with Gasteiger partial charge >= 0.3 is 12.0 Å². The number of carboxylic acid groups (broad SMARTS) is 1. The normalized spacial score (nSPS) is 14.0. The van der Waals surface area contributed by atoms with Crippen LogP contribution in [0, 0.1) is 18.7 Å². The number of anilines is 3. The number of urea groups is 1. The van der Waals surface area contributed by atoms with Crippen LogP contribution < -0.4 is 20.3 Å². The number of nitrogens with one attached hydrogen (secondary N) is 2. The Labute approximate surface area is 200 Å². The lowest BCUT2D eigenvalue weighted by Crippen LogP contribution is -2.40. The van der Waals surface area contributed by atoms with Gasteiger partial charge in [-0.2, -0.15) is 0 Å². The van der Waals surface area contributed by atoms with Crippen LogP contribution in [0.1, 0.15) is 51.5 Å². The Morgan fingerprint density at radius 2 is 1.82 bits per heavy atom. The summed E-state index contributed by atoms with van der Waals surface area (Å²) >= 11 is 0. The Bertz CT molecular complexity index is 1010.